The molecule has 1 aromatic carbocycles. The first kappa shape index (κ1) is 21.9. The predicted molar refractivity (Wildman–Crippen MR) is 96.2 cm³/mol. The van der Waals surface area contributed by atoms with E-state index < -0.39 is 22.9 Å². The zero-order chi connectivity index (χ0) is 20.2. The van der Waals surface area contributed by atoms with Gasteiger partial charge >= 0.3 is 18.0 Å². The topological polar surface area (TPSA) is 128 Å². The van der Waals surface area contributed by atoms with Gasteiger partial charge in [-0.25, -0.2) is 4.79 Å². The van der Waals surface area contributed by atoms with E-state index in [0.717, 1.165) is 0 Å². The molecule has 0 saturated carbocycles. The van der Waals surface area contributed by atoms with Gasteiger partial charge in [-0.05, 0) is 26.0 Å². The molecule has 27 heavy (non-hydrogen) atoms. The van der Waals surface area contributed by atoms with Crippen molar-refractivity contribution in [3.8, 4) is 0 Å². The van der Waals surface area contributed by atoms with Crippen molar-refractivity contribution < 1.29 is 28.8 Å². The summed E-state index contributed by atoms with van der Waals surface area (Å²) in [5, 5.41) is 13.2. The minimum absolute atomic E-state index is 0.0235. The van der Waals surface area contributed by atoms with Crippen LogP contribution in [0.4, 0.5) is 16.2 Å². The summed E-state index contributed by atoms with van der Waals surface area (Å²) < 4.78 is 9.67. The molecule has 148 valence electrons. The largest absolute Gasteiger partial charge is 0.466 e. The number of benzene rings is 1. The van der Waals surface area contributed by atoms with Gasteiger partial charge in [0.25, 0.3) is 5.69 Å². The molecule has 0 unspecified atom stereocenters. The van der Waals surface area contributed by atoms with Gasteiger partial charge in [-0.2, -0.15) is 0 Å². The third kappa shape index (κ3) is 8.17. The molecule has 0 aromatic heterocycles. The smallest absolute Gasteiger partial charge is 0.321 e. The number of ether oxygens (including phenoxy) is 2. The summed E-state index contributed by atoms with van der Waals surface area (Å²) in [6.45, 7) is 3.93. The third-order valence-corrected chi connectivity index (χ3v) is 3.40. The maximum atomic E-state index is 12.4. The molecule has 0 saturated heterocycles. The fourth-order valence-electron chi connectivity index (χ4n) is 2.10. The standard InChI is InChI=1S/C17H23N3O7/c1-3-26-15(21)9-11-19(12-10-16(22)27-4-2)17(23)18-13-5-7-14(8-6-13)20(24)25/h5-8H,3-4,9-12H2,1-2H3,(H,18,23). The number of anilines is 1. The van der Waals surface area contributed by atoms with Crippen LogP contribution in [0.5, 0.6) is 0 Å². The van der Waals surface area contributed by atoms with Crippen LogP contribution in [-0.4, -0.2) is 54.1 Å². The van der Waals surface area contributed by atoms with Crippen molar-refractivity contribution in [2.24, 2.45) is 0 Å². The molecule has 0 spiro atoms. The Morgan fingerprint density at radius 1 is 1.00 bits per heavy atom. The number of esters is 2. The Hall–Kier alpha value is -3.17. The summed E-state index contributed by atoms with van der Waals surface area (Å²) in [4.78, 5) is 46.9. The number of nitro groups is 1. The molecule has 0 aliphatic rings. The van der Waals surface area contributed by atoms with Crippen molar-refractivity contribution in [3.63, 3.8) is 0 Å². The number of carbonyl (C=O) groups is 3. The number of hydrogen-bond acceptors (Lipinski definition) is 7. The fourth-order valence-corrected chi connectivity index (χ4v) is 2.10. The molecule has 0 atom stereocenters. The summed E-state index contributed by atoms with van der Waals surface area (Å²) >= 11 is 0. The molecule has 0 aliphatic heterocycles. The van der Waals surface area contributed by atoms with Gasteiger partial charge in [0.1, 0.15) is 0 Å². The lowest BCUT2D eigenvalue weighted by molar-refractivity contribution is -0.384. The molecule has 1 rings (SSSR count). The molecule has 10 heteroatoms. The highest BCUT2D eigenvalue weighted by atomic mass is 16.6. The van der Waals surface area contributed by atoms with Gasteiger partial charge in [-0.15, -0.1) is 0 Å². The zero-order valence-electron chi connectivity index (χ0n) is 15.3. The van der Waals surface area contributed by atoms with Crippen LogP contribution >= 0.6 is 0 Å². The number of urea groups is 1. The predicted octanol–water partition coefficient (Wildman–Crippen LogP) is 2.34. The SMILES string of the molecule is CCOC(=O)CCN(CCC(=O)OCC)C(=O)Nc1ccc([N+](=O)[O-])cc1. The van der Waals surface area contributed by atoms with Crippen molar-refractivity contribution in [1.29, 1.82) is 0 Å². The van der Waals surface area contributed by atoms with E-state index in [4.69, 9.17) is 9.47 Å². The number of non-ortho nitro benzene ring substituents is 1. The van der Waals surface area contributed by atoms with Crippen LogP contribution in [0.2, 0.25) is 0 Å². The highest BCUT2D eigenvalue weighted by Crippen LogP contribution is 2.16. The average molecular weight is 381 g/mol. The minimum Gasteiger partial charge on any atom is -0.466 e. The molecular weight excluding hydrogens is 358 g/mol. The zero-order valence-corrected chi connectivity index (χ0v) is 15.3. The van der Waals surface area contributed by atoms with E-state index in [0.29, 0.717) is 5.69 Å². The van der Waals surface area contributed by atoms with Gasteiger partial charge in [-0.1, -0.05) is 0 Å². The maximum absolute atomic E-state index is 12.4. The van der Waals surface area contributed by atoms with Gasteiger partial charge in [0.05, 0.1) is 31.0 Å². The van der Waals surface area contributed by atoms with E-state index in [2.05, 4.69) is 5.32 Å². The lowest BCUT2D eigenvalue weighted by Crippen LogP contribution is -2.38. The van der Waals surface area contributed by atoms with Crippen molar-refractivity contribution in [2.45, 2.75) is 26.7 Å². The van der Waals surface area contributed by atoms with E-state index in [1.54, 1.807) is 13.8 Å². The van der Waals surface area contributed by atoms with E-state index >= 15 is 0 Å². The van der Waals surface area contributed by atoms with Crippen LogP contribution in [0.3, 0.4) is 0 Å². The number of rotatable bonds is 10. The molecule has 2 amide bonds. The monoisotopic (exact) mass is 381 g/mol. The molecule has 0 heterocycles. The molecule has 0 bridgehead atoms. The van der Waals surface area contributed by atoms with Gasteiger partial charge in [-0.3, -0.25) is 19.7 Å². The maximum Gasteiger partial charge on any atom is 0.321 e. The average Bonchev–Trinajstić information content (AvgIpc) is 2.62. The summed E-state index contributed by atoms with van der Waals surface area (Å²) in [5.41, 5.74) is 0.248. The van der Waals surface area contributed by atoms with Gasteiger partial charge in [0.15, 0.2) is 0 Å². The summed E-state index contributed by atoms with van der Waals surface area (Å²) in [6.07, 6.45) is -0.0469. The van der Waals surface area contributed by atoms with Crippen LogP contribution in [0, 0.1) is 10.1 Å². The second kappa shape index (κ2) is 11.4. The quantitative estimate of drug-likeness (QED) is 0.374. The van der Waals surface area contributed by atoms with Gasteiger partial charge in [0.2, 0.25) is 0 Å². The van der Waals surface area contributed by atoms with Crippen molar-refractivity contribution in [1.82, 2.24) is 4.90 Å². The minimum atomic E-state index is -0.545. The van der Waals surface area contributed by atoms with Crippen molar-refractivity contribution >= 4 is 29.3 Å². The fraction of sp³-hybridized carbons (Fsp3) is 0.471. The highest BCUT2D eigenvalue weighted by Gasteiger charge is 2.18. The first-order valence-electron chi connectivity index (χ1n) is 8.49. The van der Waals surface area contributed by atoms with E-state index in [-0.39, 0.29) is 44.8 Å². The van der Waals surface area contributed by atoms with E-state index in [9.17, 15) is 24.5 Å². The molecule has 0 fully saturated rings. The molecular formula is C17H23N3O7. The van der Waals surface area contributed by atoms with Crippen molar-refractivity contribution in [2.75, 3.05) is 31.6 Å². The highest BCUT2D eigenvalue weighted by molar-refractivity contribution is 5.90. The Bertz CT molecular complexity index is 639. The first-order chi connectivity index (χ1) is 12.9. The summed E-state index contributed by atoms with van der Waals surface area (Å²) in [5.74, 6) is -0.913. The van der Waals surface area contributed by atoms with Crippen molar-refractivity contribution in [3.05, 3.63) is 34.4 Å². The number of nitrogens with one attached hydrogen (secondary N) is 1. The molecule has 10 nitrogen and oxygen atoms in total. The van der Waals surface area contributed by atoms with Crippen LogP contribution in [0.25, 0.3) is 0 Å². The Balaban J connectivity index is 2.72. The van der Waals surface area contributed by atoms with Crippen LogP contribution < -0.4 is 5.32 Å². The molecule has 0 radical (unpaired) electrons. The number of nitrogens with zero attached hydrogens (tertiary/aromatic N) is 2. The summed E-state index contributed by atoms with van der Waals surface area (Å²) in [7, 11) is 0. The Morgan fingerprint density at radius 2 is 1.48 bits per heavy atom. The number of nitro benzene ring substituents is 1. The second-order valence-electron chi connectivity index (χ2n) is 5.33. The van der Waals surface area contributed by atoms with Crippen LogP contribution in [0.1, 0.15) is 26.7 Å². The Labute approximate surface area is 156 Å². The van der Waals surface area contributed by atoms with Gasteiger partial charge in [0, 0.05) is 30.9 Å². The number of hydrogen-bond donors (Lipinski definition) is 1. The number of amides is 2. The normalized spacial score (nSPS) is 10.0. The third-order valence-electron chi connectivity index (χ3n) is 3.40. The molecule has 1 N–H and O–H groups in total. The van der Waals surface area contributed by atoms with E-state index in [1.807, 2.05) is 0 Å². The summed E-state index contributed by atoms with van der Waals surface area (Å²) in [6, 6.07) is 4.77. The van der Waals surface area contributed by atoms with E-state index in [1.165, 1.54) is 29.2 Å². The first-order valence-corrected chi connectivity index (χ1v) is 8.49. The molecule has 0 aliphatic carbocycles. The second-order valence-corrected chi connectivity index (χ2v) is 5.33. The Kier molecular flexibility index (Phi) is 9.27. The Morgan fingerprint density at radius 3 is 1.89 bits per heavy atom. The lowest BCUT2D eigenvalue weighted by Gasteiger charge is -2.22. The molecule has 1 aromatic rings. The van der Waals surface area contributed by atoms with Crippen LogP contribution in [0.15, 0.2) is 24.3 Å². The van der Waals surface area contributed by atoms with Gasteiger partial charge < -0.3 is 19.7 Å². The number of carbonyl (C=O) groups excluding carboxylic acids is 3. The lowest BCUT2D eigenvalue weighted by atomic mass is 10.3. The van der Waals surface area contributed by atoms with Crippen LogP contribution in [-0.2, 0) is 19.1 Å².